The van der Waals surface area contributed by atoms with Crippen molar-refractivity contribution in [3.63, 3.8) is 0 Å². The topological polar surface area (TPSA) is 67.1 Å². The van der Waals surface area contributed by atoms with Crippen molar-refractivity contribution >= 4 is 5.91 Å². The standard InChI is InChI=1S/C4H7NO.C2H8N2/c6-4-2-1-3-5-4;1-2-4-3/h1-3H2,(H,5,6);4H,2-3H2,1H3. The maximum atomic E-state index is 10.1. The number of rotatable bonds is 1. The molecule has 0 aromatic carbocycles. The van der Waals surface area contributed by atoms with Gasteiger partial charge in [0.2, 0.25) is 5.91 Å². The predicted molar refractivity (Wildman–Crippen MR) is 40.1 cm³/mol. The van der Waals surface area contributed by atoms with Crippen molar-refractivity contribution in [3.05, 3.63) is 0 Å². The molecule has 0 aromatic rings. The largest absolute Gasteiger partial charge is 0.356 e. The van der Waals surface area contributed by atoms with Crippen molar-refractivity contribution in [3.8, 4) is 0 Å². The Bertz CT molecular complexity index is 85.0. The number of hydrogen-bond donors (Lipinski definition) is 3. The molecule has 60 valence electrons. The third-order valence-corrected chi connectivity index (χ3v) is 1.11. The summed E-state index contributed by atoms with van der Waals surface area (Å²) in [5.41, 5.74) is 2.43. The van der Waals surface area contributed by atoms with Gasteiger partial charge in [-0.3, -0.25) is 16.1 Å². The third-order valence-electron chi connectivity index (χ3n) is 1.11. The second kappa shape index (κ2) is 6.51. The maximum Gasteiger partial charge on any atom is 0.220 e. The molecule has 0 saturated carbocycles. The summed E-state index contributed by atoms with van der Waals surface area (Å²) >= 11 is 0. The number of hydrazine groups is 1. The third kappa shape index (κ3) is 5.53. The second-order valence-electron chi connectivity index (χ2n) is 2.01. The summed E-state index contributed by atoms with van der Waals surface area (Å²) in [7, 11) is 0. The first kappa shape index (κ1) is 9.39. The predicted octanol–water partition coefficient (Wildman–Crippen LogP) is -0.634. The van der Waals surface area contributed by atoms with E-state index in [1.807, 2.05) is 6.92 Å². The molecule has 4 nitrogen and oxygen atoms in total. The minimum absolute atomic E-state index is 0.204. The average Bonchev–Trinajstić information content (AvgIpc) is 2.40. The van der Waals surface area contributed by atoms with Gasteiger partial charge in [0.15, 0.2) is 0 Å². The highest BCUT2D eigenvalue weighted by Gasteiger charge is 2.05. The van der Waals surface area contributed by atoms with E-state index >= 15 is 0 Å². The van der Waals surface area contributed by atoms with E-state index in [1.165, 1.54) is 0 Å². The zero-order chi connectivity index (χ0) is 7.82. The van der Waals surface area contributed by atoms with Crippen molar-refractivity contribution < 1.29 is 4.79 Å². The van der Waals surface area contributed by atoms with Crippen LogP contribution in [-0.2, 0) is 4.79 Å². The van der Waals surface area contributed by atoms with Crippen LogP contribution in [0.4, 0.5) is 0 Å². The monoisotopic (exact) mass is 145 g/mol. The smallest absolute Gasteiger partial charge is 0.220 e. The van der Waals surface area contributed by atoms with Crippen LogP contribution in [0.3, 0.4) is 0 Å². The Morgan fingerprint density at radius 2 is 2.40 bits per heavy atom. The lowest BCUT2D eigenvalue weighted by Crippen LogP contribution is -2.20. The lowest BCUT2D eigenvalue weighted by molar-refractivity contribution is -0.119. The van der Waals surface area contributed by atoms with Gasteiger partial charge in [0, 0.05) is 19.5 Å². The van der Waals surface area contributed by atoms with Crippen molar-refractivity contribution in [1.82, 2.24) is 10.7 Å². The maximum absolute atomic E-state index is 10.1. The van der Waals surface area contributed by atoms with E-state index in [2.05, 4.69) is 10.7 Å². The van der Waals surface area contributed by atoms with Gasteiger partial charge < -0.3 is 5.32 Å². The summed E-state index contributed by atoms with van der Waals surface area (Å²) in [5.74, 6) is 4.98. The highest BCUT2D eigenvalue weighted by atomic mass is 16.1. The van der Waals surface area contributed by atoms with E-state index in [-0.39, 0.29) is 5.91 Å². The van der Waals surface area contributed by atoms with Crippen LogP contribution in [0.25, 0.3) is 0 Å². The SMILES string of the molecule is CCNN.O=C1CCCN1. The molecule has 1 aliphatic rings. The van der Waals surface area contributed by atoms with Crippen LogP contribution in [0.5, 0.6) is 0 Å². The van der Waals surface area contributed by atoms with Gasteiger partial charge in [-0.05, 0) is 6.42 Å². The molecule has 0 unspecified atom stereocenters. The first-order valence-electron chi connectivity index (χ1n) is 3.51. The Morgan fingerprint density at radius 3 is 2.50 bits per heavy atom. The molecule has 0 bridgehead atoms. The van der Waals surface area contributed by atoms with Crippen molar-refractivity contribution in [2.24, 2.45) is 5.84 Å². The van der Waals surface area contributed by atoms with Crippen LogP contribution >= 0.6 is 0 Å². The fourth-order valence-electron chi connectivity index (χ4n) is 0.565. The van der Waals surface area contributed by atoms with E-state index in [9.17, 15) is 4.79 Å². The molecule has 10 heavy (non-hydrogen) atoms. The van der Waals surface area contributed by atoms with Gasteiger partial charge in [-0.25, -0.2) is 0 Å². The Labute approximate surface area is 61.1 Å². The molecule has 0 aliphatic carbocycles. The van der Waals surface area contributed by atoms with Gasteiger partial charge >= 0.3 is 0 Å². The number of carbonyl (C=O) groups excluding carboxylic acids is 1. The number of hydrogen-bond acceptors (Lipinski definition) is 3. The summed E-state index contributed by atoms with van der Waals surface area (Å²) in [5, 5.41) is 2.68. The molecule has 0 radical (unpaired) electrons. The molecule has 0 spiro atoms. The quantitative estimate of drug-likeness (QED) is 0.340. The molecular formula is C6H15N3O. The Balaban J connectivity index is 0.000000180. The fraction of sp³-hybridized carbons (Fsp3) is 0.833. The first-order valence-corrected chi connectivity index (χ1v) is 3.51. The molecule has 1 rings (SSSR count). The fourth-order valence-corrected chi connectivity index (χ4v) is 0.565. The molecule has 1 fully saturated rings. The summed E-state index contributed by atoms with van der Waals surface area (Å²) < 4.78 is 0. The lowest BCUT2D eigenvalue weighted by atomic mass is 10.4. The van der Waals surface area contributed by atoms with Crippen LogP contribution in [-0.4, -0.2) is 19.0 Å². The number of nitrogens with two attached hydrogens (primary N) is 1. The summed E-state index contributed by atoms with van der Waals surface area (Å²) in [6.07, 6.45) is 1.76. The summed E-state index contributed by atoms with van der Waals surface area (Å²) in [6.45, 7) is 3.68. The van der Waals surface area contributed by atoms with E-state index in [1.54, 1.807) is 0 Å². The summed E-state index contributed by atoms with van der Waals surface area (Å²) in [4.78, 5) is 10.1. The number of amides is 1. The van der Waals surface area contributed by atoms with Crippen LogP contribution in [0.1, 0.15) is 19.8 Å². The van der Waals surface area contributed by atoms with Gasteiger partial charge in [-0.15, -0.1) is 0 Å². The van der Waals surface area contributed by atoms with Gasteiger partial charge in [-0.2, -0.15) is 0 Å². The molecule has 1 heterocycles. The molecular weight excluding hydrogens is 130 g/mol. The number of carbonyl (C=O) groups is 1. The van der Waals surface area contributed by atoms with Crippen LogP contribution < -0.4 is 16.6 Å². The van der Waals surface area contributed by atoms with Gasteiger partial charge in [0.05, 0.1) is 0 Å². The van der Waals surface area contributed by atoms with Crippen LogP contribution in [0, 0.1) is 0 Å². The van der Waals surface area contributed by atoms with E-state index in [0.717, 1.165) is 25.9 Å². The average molecular weight is 145 g/mol. The van der Waals surface area contributed by atoms with E-state index in [4.69, 9.17) is 5.84 Å². The summed E-state index contributed by atoms with van der Waals surface area (Å²) in [6, 6.07) is 0. The van der Waals surface area contributed by atoms with Crippen molar-refractivity contribution in [1.29, 1.82) is 0 Å². The Kier molecular flexibility index (Phi) is 6.11. The lowest BCUT2D eigenvalue weighted by Gasteiger charge is -1.80. The molecule has 1 amide bonds. The molecule has 1 saturated heterocycles. The zero-order valence-electron chi connectivity index (χ0n) is 6.31. The number of nitrogens with one attached hydrogen (secondary N) is 2. The second-order valence-corrected chi connectivity index (χ2v) is 2.01. The van der Waals surface area contributed by atoms with Gasteiger partial charge in [0.25, 0.3) is 0 Å². The van der Waals surface area contributed by atoms with Gasteiger partial charge in [-0.1, -0.05) is 6.92 Å². The molecule has 4 heteroatoms. The Morgan fingerprint density at radius 1 is 1.80 bits per heavy atom. The van der Waals surface area contributed by atoms with Crippen molar-refractivity contribution in [2.75, 3.05) is 13.1 Å². The van der Waals surface area contributed by atoms with Crippen LogP contribution in [0.15, 0.2) is 0 Å². The van der Waals surface area contributed by atoms with Gasteiger partial charge in [0.1, 0.15) is 0 Å². The van der Waals surface area contributed by atoms with E-state index in [0.29, 0.717) is 0 Å². The highest BCUT2D eigenvalue weighted by molar-refractivity contribution is 5.77. The molecule has 1 aliphatic heterocycles. The Hall–Kier alpha value is -0.610. The highest BCUT2D eigenvalue weighted by Crippen LogP contribution is 1.93. The minimum Gasteiger partial charge on any atom is -0.356 e. The minimum atomic E-state index is 0.204. The van der Waals surface area contributed by atoms with E-state index < -0.39 is 0 Å². The zero-order valence-corrected chi connectivity index (χ0v) is 6.31. The molecule has 0 atom stereocenters. The molecule has 4 N–H and O–H groups in total. The van der Waals surface area contributed by atoms with Crippen molar-refractivity contribution in [2.45, 2.75) is 19.8 Å². The molecule has 0 aromatic heterocycles. The normalized spacial score (nSPS) is 15.6. The first-order chi connectivity index (χ1) is 4.81. The van der Waals surface area contributed by atoms with Crippen LogP contribution in [0.2, 0.25) is 0 Å².